The molecule has 0 saturated heterocycles. The lowest BCUT2D eigenvalue weighted by Gasteiger charge is -2.37. The molecule has 1 aliphatic rings. The van der Waals surface area contributed by atoms with Crippen molar-refractivity contribution in [2.24, 2.45) is 0 Å². The van der Waals surface area contributed by atoms with E-state index < -0.39 is 5.97 Å². The van der Waals surface area contributed by atoms with Gasteiger partial charge >= 0.3 is 5.97 Å². The summed E-state index contributed by atoms with van der Waals surface area (Å²) in [6.07, 6.45) is 6.25. The molecular weight excluding hydrogens is 228 g/mol. The van der Waals surface area contributed by atoms with Crippen molar-refractivity contribution in [2.45, 2.75) is 44.1 Å². The van der Waals surface area contributed by atoms with Gasteiger partial charge < -0.3 is 9.84 Å². The molecule has 1 aromatic carbocycles. The summed E-state index contributed by atoms with van der Waals surface area (Å²) in [7, 11) is 0. The van der Waals surface area contributed by atoms with Gasteiger partial charge in [0.2, 0.25) is 0 Å². The van der Waals surface area contributed by atoms with Crippen molar-refractivity contribution in [3.05, 3.63) is 35.9 Å². The fraction of sp³-hybridized carbons (Fsp3) is 0.533. The highest BCUT2D eigenvalue weighted by molar-refractivity contribution is 5.68. The molecule has 0 heterocycles. The van der Waals surface area contributed by atoms with Crippen molar-refractivity contribution in [3.8, 4) is 0 Å². The Kier molecular flexibility index (Phi) is 4.37. The number of carboxylic acid groups (broad SMARTS) is 1. The molecule has 0 spiro atoms. The van der Waals surface area contributed by atoms with E-state index in [9.17, 15) is 4.79 Å². The minimum atomic E-state index is -0.881. The van der Waals surface area contributed by atoms with Crippen LogP contribution in [-0.4, -0.2) is 23.3 Å². The molecule has 18 heavy (non-hydrogen) atoms. The summed E-state index contributed by atoms with van der Waals surface area (Å²) < 4.78 is 5.74. The van der Waals surface area contributed by atoms with Crippen molar-refractivity contribution >= 4 is 5.97 Å². The van der Waals surface area contributed by atoms with Gasteiger partial charge in [-0.15, -0.1) is 0 Å². The van der Waals surface area contributed by atoms with E-state index in [0.29, 0.717) is 0 Å². The number of rotatable bonds is 5. The summed E-state index contributed by atoms with van der Waals surface area (Å²) in [5, 5.41) is 8.80. The maximum absolute atomic E-state index is 10.7. The first-order chi connectivity index (χ1) is 8.70. The molecule has 0 aromatic heterocycles. The van der Waals surface area contributed by atoms with E-state index in [1.807, 2.05) is 18.2 Å². The fourth-order valence-electron chi connectivity index (χ4n) is 2.75. The predicted octanol–water partition coefficient (Wildman–Crippen LogP) is 3.03. The van der Waals surface area contributed by atoms with Crippen LogP contribution in [0.25, 0.3) is 0 Å². The second kappa shape index (κ2) is 6.01. The molecule has 1 N–H and O–H groups in total. The number of carbonyl (C=O) groups is 1. The van der Waals surface area contributed by atoms with Crippen molar-refractivity contribution in [1.29, 1.82) is 0 Å². The molecule has 98 valence electrons. The Hall–Kier alpha value is -1.35. The topological polar surface area (TPSA) is 46.5 Å². The average Bonchev–Trinajstić information content (AvgIpc) is 2.39. The molecule has 1 aromatic rings. The van der Waals surface area contributed by atoms with Crippen LogP contribution in [0.3, 0.4) is 0 Å². The molecule has 0 bridgehead atoms. The van der Waals surface area contributed by atoms with E-state index in [-0.39, 0.29) is 12.2 Å². The minimum Gasteiger partial charge on any atom is -0.480 e. The first-order valence-electron chi connectivity index (χ1n) is 6.60. The van der Waals surface area contributed by atoms with Gasteiger partial charge in [0.1, 0.15) is 6.61 Å². The van der Waals surface area contributed by atoms with Crippen LogP contribution in [0.1, 0.15) is 37.7 Å². The average molecular weight is 248 g/mol. The van der Waals surface area contributed by atoms with Gasteiger partial charge in [-0.25, -0.2) is 4.79 Å². The van der Waals surface area contributed by atoms with Gasteiger partial charge in [0.25, 0.3) is 0 Å². The molecule has 3 heteroatoms. The summed E-state index contributed by atoms with van der Waals surface area (Å²) in [5.74, 6) is -0.881. The van der Waals surface area contributed by atoms with Crippen molar-refractivity contribution < 1.29 is 14.6 Å². The van der Waals surface area contributed by atoms with Crippen molar-refractivity contribution in [3.63, 3.8) is 0 Å². The van der Waals surface area contributed by atoms with Crippen molar-refractivity contribution in [2.75, 3.05) is 6.61 Å². The number of hydrogen-bond donors (Lipinski definition) is 1. The minimum absolute atomic E-state index is 0.188. The van der Waals surface area contributed by atoms with Crippen LogP contribution in [0.4, 0.5) is 0 Å². The zero-order chi connectivity index (χ0) is 12.8. The fourth-order valence-corrected chi connectivity index (χ4v) is 2.75. The van der Waals surface area contributed by atoms with E-state index in [0.717, 1.165) is 32.1 Å². The van der Waals surface area contributed by atoms with Crippen LogP contribution < -0.4 is 0 Å². The van der Waals surface area contributed by atoms with Crippen LogP contribution in [0.2, 0.25) is 0 Å². The third-order valence-corrected chi connectivity index (χ3v) is 3.64. The summed E-state index contributed by atoms with van der Waals surface area (Å²) >= 11 is 0. The maximum Gasteiger partial charge on any atom is 0.329 e. The second-order valence-electron chi connectivity index (χ2n) is 5.09. The van der Waals surface area contributed by atoms with Gasteiger partial charge in [-0.2, -0.15) is 0 Å². The van der Waals surface area contributed by atoms with Crippen LogP contribution in [0.15, 0.2) is 30.3 Å². The number of aliphatic carboxylic acids is 1. The van der Waals surface area contributed by atoms with Crippen LogP contribution in [-0.2, 0) is 16.0 Å². The smallest absolute Gasteiger partial charge is 0.329 e. The van der Waals surface area contributed by atoms with E-state index in [2.05, 4.69) is 12.1 Å². The van der Waals surface area contributed by atoms with Gasteiger partial charge in [-0.1, -0.05) is 49.6 Å². The Bertz CT molecular complexity index is 380. The molecule has 0 radical (unpaired) electrons. The molecule has 1 saturated carbocycles. The highest BCUT2D eigenvalue weighted by Crippen LogP contribution is 2.34. The van der Waals surface area contributed by atoms with E-state index in [4.69, 9.17) is 9.84 Å². The SMILES string of the molecule is O=C(O)COC1(Cc2ccccc2)CCCCC1. The quantitative estimate of drug-likeness (QED) is 0.871. The van der Waals surface area contributed by atoms with Crippen molar-refractivity contribution in [1.82, 2.24) is 0 Å². The Labute approximate surface area is 108 Å². The zero-order valence-electron chi connectivity index (χ0n) is 10.6. The van der Waals surface area contributed by atoms with E-state index in [1.165, 1.54) is 12.0 Å². The highest BCUT2D eigenvalue weighted by Gasteiger charge is 2.33. The molecule has 1 fully saturated rings. The highest BCUT2D eigenvalue weighted by atomic mass is 16.5. The maximum atomic E-state index is 10.7. The van der Waals surface area contributed by atoms with Gasteiger partial charge in [-0.3, -0.25) is 0 Å². The van der Waals surface area contributed by atoms with E-state index in [1.54, 1.807) is 0 Å². The third kappa shape index (κ3) is 3.57. The summed E-state index contributed by atoms with van der Waals surface area (Å²) in [4.78, 5) is 10.7. The first kappa shape index (κ1) is 13.1. The number of hydrogen-bond acceptors (Lipinski definition) is 2. The predicted molar refractivity (Wildman–Crippen MR) is 69.5 cm³/mol. The van der Waals surface area contributed by atoms with Gasteiger partial charge in [0.15, 0.2) is 0 Å². The molecule has 2 rings (SSSR count). The summed E-state index contributed by atoms with van der Waals surface area (Å²) in [6.45, 7) is -0.188. The van der Waals surface area contributed by atoms with Crippen LogP contribution in [0.5, 0.6) is 0 Å². The molecule has 0 atom stereocenters. The molecule has 3 nitrogen and oxygen atoms in total. The Morgan fingerprint density at radius 2 is 1.83 bits per heavy atom. The largest absolute Gasteiger partial charge is 0.480 e. The van der Waals surface area contributed by atoms with Gasteiger partial charge in [0.05, 0.1) is 5.60 Å². The first-order valence-corrected chi connectivity index (χ1v) is 6.60. The lowest BCUT2D eigenvalue weighted by molar-refractivity contribution is -0.152. The van der Waals surface area contributed by atoms with E-state index >= 15 is 0 Å². The molecule has 0 unspecified atom stereocenters. The van der Waals surface area contributed by atoms with Gasteiger partial charge in [-0.05, 0) is 18.4 Å². The zero-order valence-corrected chi connectivity index (χ0v) is 10.6. The summed E-state index contributed by atoms with van der Waals surface area (Å²) in [5.41, 5.74) is 0.961. The lowest BCUT2D eigenvalue weighted by atomic mass is 9.80. The number of carboxylic acids is 1. The number of benzene rings is 1. The monoisotopic (exact) mass is 248 g/mol. The molecule has 0 aliphatic heterocycles. The standard InChI is InChI=1S/C15H20O3/c16-14(17)12-18-15(9-5-2-6-10-15)11-13-7-3-1-4-8-13/h1,3-4,7-8H,2,5-6,9-12H2,(H,16,17). The Morgan fingerprint density at radius 3 is 2.44 bits per heavy atom. The second-order valence-corrected chi connectivity index (χ2v) is 5.09. The van der Waals surface area contributed by atoms with Crippen LogP contribution in [0, 0.1) is 0 Å². The summed E-state index contributed by atoms with van der Waals surface area (Å²) in [6, 6.07) is 10.2. The van der Waals surface area contributed by atoms with Crippen LogP contribution >= 0.6 is 0 Å². The Morgan fingerprint density at radius 1 is 1.17 bits per heavy atom. The molecule has 1 aliphatic carbocycles. The number of ether oxygens (including phenoxy) is 1. The van der Waals surface area contributed by atoms with Gasteiger partial charge in [0, 0.05) is 6.42 Å². The normalized spacial score (nSPS) is 18.4. The molecule has 0 amide bonds. The Balaban J connectivity index is 2.06. The third-order valence-electron chi connectivity index (χ3n) is 3.64. The molecular formula is C15H20O3. The lowest BCUT2D eigenvalue weighted by Crippen LogP contribution is -2.39.